The number of ketones is 1. The van der Waals surface area contributed by atoms with Crippen molar-refractivity contribution in [3.05, 3.63) is 0 Å². The molecule has 1 N–H and O–H groups in total. The van der Waals surface area contributed by atoms with Gasteiger partial charge in [-0.25, -0.2) is 0 Å². The Morgan fingerprint density at radius 2 is 2.40 bits per heavy atom. The highest BCUT2D eigenvalue weighted by molar-refractivity contribution is 6.26. The van der Waals surface area contributed by atoms with Crippen molar-refractivity contribution in [1.82, 2.24) is 0 Å². The van der Waals surface area contributed by atoms with Crippen LogP contribution in [0.25, 0.3) is 0 Å². The van der Waals surface area contributed by atoms with Gasteiger partial charge >= 0.3 is 0 Å². The van der Waals surface area contributed by atoms with Crippen LogP contribution in [-0.4, -0.2) is 21.9 Å². The Labute approximate surface area is 65.2 Å². The number of alkyl halides is 1. The zero-order chi connectivity index (χ0) is 7.78. The second kappa shape index (κ2) is 2.51. The lowest BCUT2D eigenvalue weighted by Crippen LogP contribution is -2.43. The van der Waals surface area contributed by atoms with Crippen LogP contribution in [0.2, 0.25) is 0 Å². The van der Waals surface area contributed by atoms with Crippen LogP contribution in [0.4, 0.5) is 0 Å². The maximum Gasteiger partial charge on any atom is 0.163 e. The van der Waals surface area contributed by atoms with Gasteiger partial charge in [0.05, 0.1) is 4.87 Å². The first-order valence-electron chi connectivity index (χ1n) is 3.44. The van der Waals surface area contributed by atoms with Gasteiger partial charge in [-0.15, -0.1) is 11.6 Å². The van der Waals surface area contributed by atoms with Crippen LogP contribution in [0.1, 0.15) is 26.2 Å². The van der Waals surface area contributed by atoms with Crippen molar-refractivity contribution in [3.8, 4) is 0 Å². The third-order valence-corrected chi connectivity index (χ3v) is 2.36. The van der Waals surface area contributed by atoms with Crippen molar-refractivity contribution in [2.45, 2.75) is 37.2 Å². The fraction of sp³-hybridized carbons (Fsp3) is 0.857. The van der Waals surface area contributed by atoms with Crippen LogP contribution in [0.5, 0.6) is 0 Å². The number of aliphatic hydroxyl groups excluding tert-OH is 1. The maximum absolute atomic E-state index is 10.9. The van der Waals surface area contributed by atoms with Crippen molar-refractivity contribution in [1.29, 1.82) is 0 Å². The van der Waals surface area contributed by atoms with Gasteiger partial charge in [-0.1, -0.05) is 0 Å². The monoisotopic (exact) mass is 162 g/mol. The molecule has 0 saturated heterocycles. The Bertz CT molecular complexity index is 154. The maximum atomic E-state index is 10.9. The lowest BCUT2D eigenvalue weighted by Gasteiger charge is -2.30. The number of aliphatic hydroxyl groups is 1. The summed E-state index contributed by atoms with van der Waals surface area (Å²) in [4.78, 5) is 10.2. The zero-order valence-corrected chi connectivity index (χ0v) is 6.69. The van der Waals surface area contributed by atoms with E-state index in [1.807, 2.05) is 0 Å². The van der Waals surface area contributed by atoms with E-state index in [-0.39, 0.29) is 5.78 Å². The summed E-state index contributed by atoms with van der Waals surface area (Å²) in [6, 6.07) is 0. The molecule has 0 aliphatic heterocycles. The van der Waals surface area contributed by atoms with E-state index in [4.69, 9.17) is 11.6 Å². The zero-order valence-electron chi connectivity index (χ0n) is 5.93. The fourth-order valence-electron chi connectivity index (χ4n) is 1.22. The number of hydrogen-bond donors (Lipinski definition) is 1. The average Bonchev–Trinajstić information content (AvgIpc) is 1.83. The topological polar surface area (TPSA) is 37.3 Å². The Morgan fingerprint density at radius 1 is 1.80 bits per heavy atom. The average molecular weight is 163 g/mol. The highest BCUT2D eigenvalue weighted by Gasteiger charge is 2.38. The number of Topliss-reactive ketones (excluding diaryl/α,β-unsaturated/α-hetero) is 1. The summed E-state index contributed by atoms with van der Waals surface area (Å²) >= 11 is 5.85. The summed E-state index contributed by atoms with van der Waals surface area (Å²) in [6.45, 7) is 1.70. The van der Waals surface area contributed by atoms with Crippen molar-refractivity contribution in [2.75, 3.05) is 0 Å². The molecule has 0 radical (unpaired) electrons. The first-order valence-corrected chi connectivity index (χ1v) is 3.81. The number of carbonyl (C=O) groups excluding carboxylic acids is 1. The molecule has 0 spiro atoms. The third-order valence-electron chi connectivity index (χ3n) is 1.96. The van der Waals surface area contributed by atoms with E-state index in [1.54, 1.807) is 6.92 Å². The van der Waals surface area contributed by atoms with Crippen LogP contribution < -0.4 is 0 Å². The van der Waals surface area contributed by atoms with Crippen LogP contribution in [-0.2, 0) is 4.79 Å². The minimum absolute atomic E-state index is 0.122. The Kier molecular flexibility index (Phi) is 2.02. The molecule has 2 atom stereocenters. The van der Waals surface area contributed by atoms with Crippen molar-refractivity contribution < 1.29 is 9.90 Å². The molecule has 1 aliphatic carbocycles. The summed E-state index contributed by atoms with van der Waals surface area (Å²) < 4.78 is 0. The summed E-state index contributed by atoms with van der Waals surface area (Å²) in [5.74, 6) is -0.122. The molecule has 3 heteroatoms. The van der Waals surface area contributed by atoms with Gasteiger partial charge in [-0.3, -0.25) is 4.79 Å². The lowest BCUT2D eigenvalue weighted by molar-refractivity contribution is -0.130. The molecule has 0 aromatic carbocycles. The van der Waals surface area contributed by atoms with E-state index < -0.39 is 11.0 Å². The van der Waals surface area contributed by atoms with Crippen molar-refractivity contribution in [3.63, 3.8) is 0 Å². The van der Waals surface area contributed by atoms with Gasteiger partial charge in [0.2, 0.25) is 0 Å². The molecular weight excluding hydrogens is 152 g/mol. The van der Waals surface area contributed by atoms with Crippen LogP contribution in [0, 0.1) is 0 Å². The molecule has 0 amide bonds. The Morgan fingerprint density at radius 3 is 2.80 bits per heavy atom. The highest BCUT2D eigenvalue weighted by Crippen LogP contribution is 2.31. The van der Waals surface area contributed by atoms with Crippen molar-refractivity contribution in [2.24, 2.45) is 0 Å². The van der Waals surface area contributed by atoms with Gasteiger partial charge in [-0.2, -0.15) is 0 Å². The summed E-state index contributed by atoms with van der Waals surface area (Å²) in [5, 5.41) is 9.22. The van der Waals surface area contributed by atoms with E-state index in [2.05, 4.69) is 0 Å². The van der Waals surface area contributed by atoms with E-state index in [0.29, 0.717) is 6.42 Å². The molecular formula is C7H11ClO2. The van der Waals surface area contributed by atoms with Crippen LogP contribution in [0.3, 0.4) is 0 Å². The first kappa shape index (κ1) is 8.02. The van der Waals surface area contributed by atoms with E-state index in [1.165, 1.54) is 0 Å². The minimum atomic E-state index is -0.956. The lowest BCUT2D eigenvalue weighted by atomic mass is 9.86. The number of hydrogen-bond acceptors (Lipinski definition) is 2. The van der Waals surface area contributed by atoms with E-state index in [0.717, 1.165) is 12.8 Å². The molecule has 0 heterocycles. The third kappa shape index (κ3) is 1.32. The van der Waals surface area contributed by atoms with E-state index >= 15 is 0 Å². The molecule has 1 fully saturated rings. The quantitative estimate of drug-likeness (QED) is 0.542. The summed E-state index contributed by atoms with van der Waals surface area (Å²) in [6.07, 6.45) is 1.05. The highest BCUT2D eigenvalue weighted by atomic mass is 35.5. The van der Waals surface area contributed by atoms with Gasteiger partial charge in [0.25, 0.3) is 0 Å². The van der Waals surface area contributed by atoms with Crippen LogP contribution in [0.15, 0.2) is 0 Å². The Hall–Kier alpha value is -0.0800. The standard InChI is InChI=1S/C7H11ClO2/c1-7(8)4-2-3-5(9)6(7)10/h6,10H,2-4H2,1H3. The molecule has 1 saturated carbocycles. The second-order valence-corrected chi connectivity index (χ2v) is 3.86. The molecule has 58 valence electrons. The molecule has 10 heavy (non-hydrogen) atoms. The SMILES string of the molecule is CC1(Cl)CCCC(=O)C1O. The van der Waals surface area contributed by atoms with E-state index in [9.17, 15) is 9.90 Å². The first-order chi connectivity index (χ1) is 4.54. The molecule has 0 bridgehead atoms. The molecule has 2 unspecified atom stereocenters. The number of halogens is 1. The van der Waals surface area contributed by atoms with Gasteiger partial charge < -0.3 is 5.11 Å². The Balaban J connectivity index is 2.69. The van der Waals surface area contributed by atoms with Gasteiger partial charge in [0.1, 0.15) is 6.10 Å². The molecule has 2 nitrogen and oxygen atoms in total. The normalized spacial score (nSPS) is 41.9. The second-order valence-electron chi connectivity index (χ2n) is 3.00. The van der Waals surface area contributed by atoms with Gasteiger partial charge in [0, 0.05) is 6.42 Å². The smallest absolute Gasteiger partial charge is 0.163 e. The summed E-state index contributed by atoms with van der Waals surface area (Å²) in [7, 11) is 0. The molecule has 1 aliphatic rings. The van der Waals surface area contributed by atoms with Crippen LogP contribution >= 0.6 is 11.6 Å². The van der Waals surface area contributed by atoms with Gasteiger partial charge in [-0.05, 0) is 19.8 Å². The van der Waals surface area contributed by atoms with Gasteiger partial charge in [0.15, 0.2) is 5.78 Å². The largest absolute Gasteiger partial charge is 0.383 e. The molecule has 1 rings (SSSR count). The number of carbonyl (C=O) groups is 1. The minimum Gasteiger partial charge on any atom is -0.383 e. The molecule has 0 aromatic heterocycles. The molecule has 0 aromatic rings. The summed E-state index contributed by atoms with van der Waals surface area (Å²) in [5.41, 5.74) is 0. The predicted molar refractivity (Wildman–Crippen MR) is 39.1 cm³/mol. The predicted octanol–water partition coefficient (Wildman–Crippen LogP) is 1.10. The van der Waals surface area contributed by atoms with Crippen molar-refractivity contribution >= 4 is 17.4 Å². The fourth-order valence-corrected chi connectivity index (χ4v) is 1.47. The number of rotatable bonds is 0.